The van der Waals surface area contributed by atoms with Crippen molar-refractivity contribution in [3.05, 3.63) is 34.9 Å². The molecule has 0 aromatic heterocycles. The van der Waals surface area contributed by atoms with E-state index in [9.17, 15) is 5.11 Å². The molecule has 2 N–H and O–H groups in total. The largest absolute Gasteiger partial charge is 0.389 e. The SMILES string of the molecule is CCC1CCC(O)(CNC(C)c2ccc(C)cc2C)CC1. The van der Waals surface area contributed by atoms with Gasteiger partial charge in [-0.05, 0) is 63.5 Å². The summed E-state index contributed by atoms with van der Waals surface area (Å²) in [5.41, 5.74) is 3.47. The van der Waals surface area contributed by atoms with E-state index in [-0.39, 0.29) is 0 Å². The Hall–Kier alpha value is -0.860. The Kier molecular flexibility index (Phi) is 5.45. The van der Waals surface area contributed by atoms with Crippen molar-refractivity contribution in [2.24, 2.45) is 5.92 Å². The molecule has 118 valence electrons. The zero-order valence-electron chi connectivity index (χ0n) is 14.1. The van der Waals surface area contributed by atoms with Crippen molar-refractivity contribution in [1.82, 2.24) is 5.32 Å². The molecule has 0 aliphatic heterocycles. The molecule has 2 heteroatoms. The molecule has 1 fully saturated rings. The summed E-state index contributed by atoms with van der Waals surface area (Å²) in [5.74, 6) is 0.821. The average molecular weight is 289 g/mol. The summed E-state index contributed by atoms with van der Waals surface area (Å²) in [6.45, 7) is 9.46. The van der Waals surface area contributed by atoms with E-state index in [1.165, 1.54) is 36.0 Å². The highest BCUT2D eigenvalue weighted by molar-refractivity contribution is 5.32. The number of aryl methyl sites for hydroxylation is 2. The van der Waals surface area contributed by atoms with Gasteiger partial charge in [-0.3, -0.25) is 0 Å². The van der Waals surface area contributed by atoms with Crippen LogP contribution in [0.3, 0.4) is 0 Å². The number of aliphatic hydroxyl groups is 1. The fourth-order valence-electron chi connectivity index (χ4n) is 3.56. The molecule has 0 saturated heterocycles. The van der Waals surface area contributed by atoms with E-state index in [2.05, 4.69) is 51.2 Å². The first-order chi connectivity index (χ1) is 9.93. The Morgan fingerprint density at radius 2 is 1.95 bits per heavy atom. The van der Waals surface area contributed by atoms with E-state index >= 15 is 0 Å². The molecule has 1 saturated carbocycles. The zero-order valence-corrected chi connectivity index (χ0v) is 14.1. The first kappa shape index (κ1) is 16.5. The summed E-state index contributed by atoms with van der Waals surface area (Å²) < 4.78 is 0. The molecule has 1 aliphatic carbocycles. The van der Waals surface area contributed by atoms with Crippen molar-refractivity contribution < 1.29 is 5.11 Å². The molecular weight excluding hydrogens is 258 g/mol. The molecule has 1 unspecified atom stereocenters. The summed E-state index contributed by atoms with van der Waals surface area (Å²) in [5, 5.41) is 14.3. The smallest absolute Gasteiger partial charge is 0.0772 e. The van der Waals surface area contributed by atoms with Gasteiger partial charge in [0.1, 0.15) is 0 Å². The van der Waals surface area contributed by atoms with Crippen LogP contribution in [-0.2, 0) is 0 Å². The fraction of sp³-hybridized carbons (Fsp3) is 0.684. The lowest BCUT2D eigenvalue weighted by Gasteiger charge is -2.37. The van der Waals surface area contributed by atoms with Crippen LogP contribution in [0.15, 0.2) is 18.2 Å². The highest BCUT2D eigenvalue weighted by Gasteiger charge is 2.32. The summed E-state index contributed by atoms with van der Waals surface area (Å²) in [6.07, 6.45) is 5.48. The number of hydrogen-bond acceptors (Lipinski definition) is 2. The molecule has 0 bridgehead atoms. The monoisotopic (exact) mass is 289 g/mol. The van der Waals surface area contributed by atoms with Crippen LogP contribution in [0.1, 0.15) is 68.7 Å². The first-order valence-electron chi connectivity index (χ1n) is 8.46. The Labute approximate surface area is 130 Å². The number of hydrogen-bond donors (Lipinski definition) is 2. The minimum Gasteiger partial charge on any atom is -0.389 e. The second kappa shape index (κ2) is 6.93. The Morgan fingerprint density at radius 3 is 2.52 bits per heavy atom. The van der Waals surface area contributed by atoms with Crippen LogP contribution >= 0.6 is 0 Å². The van der Waals surface area contributed by atoms with Crippen LogP contribution < -0.4 is 5.32 Å². The van der Waals surface area contributed by atoms with Gasteiger partial charge in [-0.1, -0.05) is 37.1 Å². The van der Waals surface area contributed by atoms with Crippen LogP contribution in [-0.4, -0.2) is 17.3 Å². The van der Waals surface area contributed by atoms with Gasteiger partial charge in [0, 0.05) is 12.6 Å². The molecule has 1 aliphatic rings. The predicted molar refractivity (Wildman–Crippen MR) is 89.5 cm³/mol. The maximum atomic E-state index is 10.7. The second-order valence-corrected chi connectivity index (χ2v) is 7.04. The predicted octanol–water partition coefficient (Wildman–Crippen LogP) is 4.29. The van der Waals surface area contributed by atoms with Gasteiger partial charge >= 0.3 is 0 Å². The van der Waals surface area contributed by atoms with Gasteiger partial charge in [-0.15, -0.1) is 0 Å². The minimum atomic E-state index is -0.501. The van der Waals surface area contributed by atoms with Crippen molar-refractivity contribution >= 4 is 0 Å². The number of rotatable bonds is 5. The Morgan fingerprint density at radius 1 is 1.29 bits per heavy atom. The lowest BCUT2D eigenvalue weighted by molar-refractivity contribution is -0.0103. The van der Waals surface area contributed by atoms with Crippen LogP contribution in [0, 0.1) is 19.8 Å². The second-order valence-electron chi connectivity index (χ2n) is 7.04. The van der Waals surface area contributed by atoms with E-state index in [1.54, 1.807) is 0 Å². The van der Waals surface area contributed by atoms with Crippen LogP contribution in [0.5, 0.6) is 0 Å². The third-order valence-electron chi connectivity index (χ3n) is 5.24. The van der Waals surface area contributed by atoms with Gasteiger partial charge in [0.25, 0.3) is 0 Å². The third-order valence-corrected chi connectivity index (χ3v) is 5.24. The molecule has 0 heterocycles. The fourth-order valence-corrected chi connectivity index (χ4v) is 3.56. The summed E-state index contributed by atoms with van der Waals surface area (Å²) in [7, 11) is 0. The van der Waals surface area contributed by atoms with Crippen molar-refractivity contribution in [2.45, 2.75) is 71.4 Å². The minimum absolute atomic E-state index is 0.290. The molecular formula is C19H31NO. The summed E-state index contributed by atoms with van der Waals surface area (Å²) in [6, 6.07) is 6.90. The van der Waals surface area contributed by atoms with E-state index < -0.39 is 5.60 Å². The molecule has 2 nitrogen and oxygen atoms in total. The Balaban J connectivity index is 1.90. The van der Waals surface area contributed by atoms with Gasteiger partial charge in [-0.2, -0.15) is 0 Å². The number of benzene rings is 1. The maximum Gasteiger partial charge on any atom is 0.0772 e. The molecule has 1 aromatic rings. The number of nitrogens with one attached hydrogen (secondary N) is 1. The van der Waals surface area contributed by atoms with Gasteiger partial charge in [-0.25, -0.2) is 0 Å². The maximum absolute atomic E-state index is 10.7. The highest BCUT2D eigenvalue weighted by atomic mass is 16.3. The molecule has 21 heavy (non-hydrogen) atoms. The average Bonchev–Trinajstić information content (AvgIpc) is 2.46. The van der Waals surface area contributed by atoms with E-state index in [0.717, 1.165) is 18.8 Å². The van der Waals surface area contributed by atoms with Gasteiger partial charge in [0.15, 0.2) is 0 Å². The van der Waals surface area contributed by atoms with Crippen molar-refractivity contribution in [3.63, 3.8) is 0 Å². The van der Waals surface area contributed by atoms with Crippen molar-refractivity contribution in [1.29, 1.82) is 0 Å². The lowest BCUT2D eigenvalue weighted by Crippen LogP contribution is -2.44. The molecule has 0 amide bonds. The van der Waals surface area contributed by atoms with Gasteiger partial charge in [0.2, 0.25) is 0 Å². The van der Waals surface area contributed by atoms with Crippen molar-refractivity contribution in [3.8, 4) is 0 Å². The zero-order chi connectivity index (χ0) is 15.5. The molecule has 2 rings (SSSR count). The van der Waals surface area contributed by atoms with E-state index in [0.29, 0.717) is 12.6 Å². The standard InChI is InChI=1S/C19H31NO/c1-5-17-8-10-19(21,11-9-17)13-20-16(4)18-7-6-14(2)12-15(18)3/h6-7,12,16-17,20-21H,5,8-11,13H2,1-4H3. The lowest BCUT2D eigenvalue weighted by atomic mass is 9.77. The highest BCUT2D eigenvalue weighted by Crippen LogP contribution is 2.33. The third kappa shape index (κ3) is 4.31. The quantitative estimate of drug-likeness (QED) is 0.847. The van der Waals surface area contributed by atoms with Crippen LogP contribution in [0.2, 0.25) is 0 Å². The van der Waals surface area contributed by atoms with Crippen LogP contribution in [0.25, 0.3) is 0 Å². The van der Waals surface area contributed by atoms with E-state index in [1.807, 2.05) is 0 Å². The first-order valence-corrected chi connectivity index (χ1v) is 8.46. The van der Waals surface area contributed by atoms with E-state index in [4.69, 9.17) is 0 Å². The summed E-state index contributed by atoms with van der Waals surface area (Å²) in [4.78, 5) is 0. The van der Waals surface area contributed by atoms with Crippen molar-refractivity contribution in [2.75, 3.05) is 6.54 Å². The molecule has 1 aromatic carbocycles. The summed E-state index contributed by atoms with van der Waals surface area (Å²) >= 11 is 0. The van der Waals surface area contributed by atoms with Gasteiger partial charge < -0.3 is 10.4 Å². The molecule has 0 radical (unpaired) electrons. The normalized spacial score (nSPS) is 27.6. The molecule has 0 spiro atoms. The Bertz CT molecular complexity index is 461. The molecule has 1 atom stereocenters. The van der Waals surface area contributed by atoms with Gasteiger partial charge in [0.05, 0.1) is 5.60 Å². The van der Waals surface area contributed by atoms with Crippen LogP contribution in [0.4, 0.5) is 0 Å². The topological polar surface area (TPSA) is 32.3 Å².